The number of imidazole rings is 1. The first kappa shape index (κ1) is 24.6. The molecule has 0 aliphatic heterocycles. The number of benzene rings is 3. The molecule has 0 fully saturated rings. The predicted octanol–water partition coefficient (Wildman–Crippen LogP) is 6.93. The number of fused-ring (bicyclic) bond motifs is 1. The van der Waals surface area contributed by atoms with Crippen molar-refractivity contribution in [1.29, 1.82) is 0 Å². The van der Waals surface area contributed by atoms with Gasteiger partial charge in [-0.1, -0.05) is 78.5 Å². The predicted molar refractivity (Wildman–Crippen MR) is 147 cm³/mol. The molecule has 7 heteroatoms. The van der Waals surface area contributed by atoms with E-state index < -0.39 is 0 Å². The number of H-pyrrole nitrogens is 1. The van der Waals surface area contributed by atoms with E-state index in [0.29, 0.717) is 19.9 Å². The molecule has 0 radical (unpaired) electrons. The topological polar surface area (TPSA) is 69.1 Å². The molecule has 1 N–H and O–H groups in total. The van der Waals surface area contributed by atoms with Gasteiger partial charge in [0.15, 0.2) is 5.16 Å². The number of nitrogens with zero attached hydrogens (tertiary/aromatic N) is 2. The van der Waals surface area contributed by atoms with Crippen molar-refractivity contribution in [2.45, 2.75) is 30.3 Å². The number of hydrogen-bond acceptors (Lipinski definition) is 5. The minimum atomic E-state index is -0.382. The summed E-state index contributed by atoms with van der Waals surface area (Å²) in [5, 5.41) is 1.85. The number of hydrogen-bond donors (Lipinski definition) is 1. The summed E-state index contributed by atoms with van der Waals surface area (Å²) in [7, 11) is 0. The average Bonchev–Trinajstić information content (AvgIpc) is 3.49. The first-order valence-electron chi connectivity index (χ1n) is 12.1. The van der Waals surface area contributed by atoms with Gasteiger partial charge in [-0.2, -0.15) is 0 Å². The van der Waals surface area contributed by atoms with Crippen molar-refractivity contribution >= 4 is 34.7 Å². The maximum absolute atomic E-state index is 12.1. The van der Waals surface area contributed by atoms with Gasteiger partial charge >= 0.3 is 5.97 Å². The Hall–Kier alpha value is -4.07. The number of para-hydroxylation sites is 1. The van der Waals surface area contributed by atoms with Crippen molar-refractivity contribution in [3.8, 4) is 11.3 Å². The lowest BCUT2D eigenvalue weighted by Gasteiger charge is -2.13. The molecule has 0 aliphatic carbocycles. The van der Waals surface area contributed by atoms with E-state index in [9.17, 15) is 4.79 Å². The van der Waals surface area contributed by atoms with E-state index in [0.717, 1.165) is 43.5 Å². The normalized spacial score (nSPS) is 11.4. The summed E-state index contributed by atoms with van der Waals surface area (Å²) in [5.41, 5.74) is 4.72. The standard InChI is InChI=1S/C30H27N3O3S/c1-2-36-28(34)18-17-26-29(24-15-9-10-16-25(24)32-26)27-19-31-30(37-23-13-7-4-8-14-23)33(27)21-35-20-22-11-5-3-6-12-22/h3-19,32H,2,20-21H2,1H3/b18-17+. The van der Waals surface area contributed by atoms with E-state index in [4.69, 9.17) is 14.5 Å². The summed E-state index contributed by atoms with van der Waals surface area (Å²) in [6.07, 6.45) is 5.08. The molecule has 5 rings (SSSR count). The maximum atomic E-state index is 12.1. The molecule has 0 saturated heterocycles. The van der Waals surface area contributed by atoms with Crippen LogP contribution in [-0.2, 0) is 27.6 Å². The van der Waals surface area contributed by atoms with E-state index in [2.05, 4.69) is 27.8 Å². The van der Waals surface area contributed by atoms with Crippen LogP contribution in [0.1, 0.15) is 18.2 Å². The zero-order valence-electron chi connectivity index (χ0n) is 20.5. The first-order chi connectivity index (χ1) is 18.2. The van der Waals surface area contributed by atoms with E-state index >= 15 is 0 Å². The van der Waals surface area contributed by atoms with Gasteiger partial charge < -0.3 is 14.5 Å². The Labute approximate surface area is 220 Å². The molecule has 0 aliphatic rings. The summed E-state index contributed by atoms with van der Waals surface area (Å²) in [6.45, 7) is 2.92. The number of nitrogens with one attached hydrogen (secondary N) is 1. The van der Waals surface area contributed by atoms with Gasteiger partial charge in [-0.05, 0) is 36.8 Å². The molecule has 0 amide bonds. The second kappa shape index (κ2) is 11.8. The molecule has 2 aromatic heterocycles. The summed E-state index contributed by atoms with van der Waals surface area (Å²) < 4.78 is 13.3. The lowest BCUT2D eigenvalue weighted by molar-refractivity contribution is -0.137. The summed E-state index contributed by atoms with van der Waals surface area (Å²) in [6, 6.07) is 28.3. The molecule has 5 aromatic rings. The molecule has 0 unspecified atom stereocenters. The summed E-state index contributed by atoms with van der Waals surface area (Å²) in [5.74, 6) is -0.382. The van der Waals surface area contributed by atoms with Gasteiger partial charge in [-0.3, -0.25) is 4.57 Å². The third kappa shape index (κ3) is 5.85. The minimum absolute atomic E-state index is 0.319. The first-order valence-corrected chi connectivity index (χ1v) is 12.9. The third-order valence-electron chi connectivity index (χ3n) is 5.77. The Morgan fingerprint density at radius 2 is 1.73 bits per heavy atom. The molecule has 186 valence electrons. The van der Waals surface area contributed by atoms with Gasteiger partial charge in [0, 0.05) is 33.1 Å². The molecular weight excluding hydrogens is 482 g/mol. The average molecular weight is 510 g/mol. The second-order valence-electron chi connectivity index (χ2n) is 8.28. The van der Waals surface area contributed by atoms with Crippen LogP contribution in [0.5, 0.6) is 0 Å². The lowest BCUT2D eigenvalue weighted by atomic mass is 10.1. The molecule has 37 heavy (non-hydrogen) atoms. The van der Waals surface area contributed by atoms with Crippen molar-refractivity contribution in [1.82, 2.24) is 14.5 Å². The minimum Gasteiger partial charge on any atom is -0.463 e. The van der Waals surface area contributed by atoms with Gasteiger partial charge in [-0.15, -0.1) is 0 Å². The van der Waals surface area contributed by atoms with Gasteiger partial charge in [0.1, 0.15) is 6.73 Å². The SMILES string of the molecule is CCOC(=O)/C=C/c1[nH]c2ccccc2c1-c1cnc(Sc2ccccc2)n1COCc1ccccc1. The molecular formula is C30H27N3O3S. The highest BCUT2D eigenvalue weighted by Crippen LogP contribution is 2.37. The number of carbonyl (C=O) groups is 1. The molecule has 3 aromatic carbocycles. The summed E-state index contributed by atoms with van der Waals surface area (Å²) >= 11 is 1.58. The fraction of sp³-hybridized carbons (Fsp3) is 0.133. The largest absolute Gasteiger partial charge is 0.463 e. The molecule has 0 spiro atoms. The zero-order valence-corrected chi connectivity index (χ0v) is 21.3. The molecule has 0 saturated carbocycles. The monoisotopic (exact) mass is 509 g/mol. The molecule has 2 heterocycles. The van der Waals surface area contributed by atoms with Crippen LogP contribution in [0.2, 0.25) is 0 Å². The number of aromatic amines is 1. The van der Waals surface area contributed by atoms with Gasteiger partial charge in [0.2, 0.25) is 0 Å². The van der Waals surface area contributed by atoms with Gasteiger partial charge in [0.05, 0.1) is 25.1 Å². The van der Waals surface area contributed by atoms with Crippen molar-refractivity contribution in [3.05, 3.63) is 108 Å². The number of carbonyl (C=O) groups excluding carboxylic acids is 1. The summed E-state index contributed by atoms with van der Waals surface area (Å²) in [4.78, 5) is 21.4. The third-order valence-corrected chi connectivity index (χ3v) is 6.78. The van der Waals surface area contributed by atoms with Crippen LogP contribution in [0, 0.1) is 0 Å². The van der Waals surface area contributed by atoms with E-state index in [1.165, 1.54) is 6.08 Å². The smallest absolute Gasteiger partial charge is 0.330 e. The van der Waals surface area contributed by atoms with E-state index in [1.54, 1.807) is 24.8 Å². The van der Waals surface area contributed by atoms with Gasteiger partial charge in [-0.25, -0.2) is 9.78 Å². The Bertz CT molecular complexity index is 1510. The van der Waals surface area contributed by atoms with E-state index in [1.807, 2.05) is 72.9 Å². The Balaban J connectivity index is 1.55. The number of rotatable bonds is 10. The number of esters is 1. The van der Waals surface area contributed by atoms with Crippen LogP contribution < -0.4 is 0 Å². The van der Waals surface area contributed by atoms with Crippen LogP contribution in [0.15, 0.2) is 107 Å². The second-order valence-corrected chi connectivity index (χ2v) is 9.32. The number of aromatic nitrogens is 3. The molecule has 6 nitrogen and oxygen atoms in total. The van der Waals surface area contributed by atoms with Crippen LogP contribution in [-0.4, -0.2) is 27.1 Å². The van der Waals surface area contributed by atoms with E-state index in [-0.39, 0.29) is 5.97 Å². The zero-order chi connectivity index (χ0) is 25.5. The Morgan fingerprint density at radius 3 is 2.51 bits per heavy atom. The highest BCUT2D eigenvalue weighted by Gasteiger charge is 2.19. The van der Waals surface area contributed by atoms with Crippen LogP contribution >= 0.6 is 11.8 Å². The van der Waals surface area contributed by atoms with Gasteiger partial charge in [0.25, 0.3) is 0 Å². The van der Waals surface area contributed by atoms with Crippen molar-refractivity contribution < 1.29 is 14.3 Å². The van der Waals surface area contributed by atoms with Crippen molar-refractivity contribution in [2.75, 3.05) is 6.61 Å². The molecule has 0 atom stereocenters. The van der Waals surface area contributed by atoms with Crippen molar-refractivity contribution in [3.63, 3.8) is 0 Å². The van der Waals surface area contributed by atoms with Crippen molar-refractivity contribution in [2.24, 2.45) is 0 Å². The fourth-order valence-electron chi connectivity index (χ4n) is 4.09. The Morgan fingerprint density at radius 1 is 1.00 bits per heavy atom. The number of ether oxygens (including phenoxy) is 2. The lowest BCUT2D eigenvalue weighted by Crippen LogP contribution is -2.06. The molecule has 0 bridgehead atoms. The van der Waals surface area contributed by atoms with Crippen LogP contribution in [0.3, 0.4) is 0 Å². The van der Waals surface area contributed by atoms with Crippen LogP contribution in [0.25, 0.3) is 28.2 Å². The Kier molecular flexibility index (Phi) is 7.84. The quantitative estimate of drug-likeness (QED) is 0.163. The highest BCUT2D eigenvalue weighted by molar-refractivity contribution is 7.99. The highest BCUT2D eigenvalue weighted by atomic mass is 32.2. The fourth-order valence-corrected chi connectivity index (χ4v) is 4.96. The van der Waals surface area contributed by atoms with Crippen LogP contribution in [0.4, 0.5) is 0 Å². The maximum Gasteiger partial charge on any atom is 0.330 e.